The third-order valence-electron chi connectivity index (χ3n) is 1.87. The molecule has 1 aromatic heterocycles. The number of aromatic hydroxyl groups is 1. The second-order valence-electron chi connectivity index (χ2n) is 2.75. The fourth-order valence-corrected chi connectivity index (χ4v) is 2.55. The van der Waals surface area contributed by atoms with Crippen LogP contribution in [0.2, 0.25) is 0 Å². The molecule has 72 valence electrons. The van der Waals surface area contributed by atoms with Gasteiger partial charge in [-0.05, 0) is 28.1 Å². The summed E-state index contributed by atoms with van der Waals surface area (Å²) < 4.78 is 1.24. The molecule has 1 aromatic carbocycles. The molecule has 0 bridgehead atoms. The molecule has 1 heterocycles. The second-order valence-corrected chi connectivity index (χ2v) is 4.52. The van der Waals surface area contributed by atoms with Crippen LogP contribution in [-0.2, 0) is 0 Å². The number of hydrogen-bond acceptors (Lipinski definition) is 3. The molecule has 0 aliphatic rings. The van der Waals surface area contributed by atoms with Gasteiger partial charge in [0.25, 0.3) is 0 Å². The van der Waals surface area contributed by atoms with Crippen molar-refractivity contribution in [1.82, 2.24) is 0 Å². The standard InChI is InChI=1S/C9H5BrO3S/c10-6-1-5-7(11)3-14-8(5)2-4(6)9(12)13/h1-3,11H,(H,12,13). The Morgan fingerprint density at radius 1 is 1.43 bits per heavy atom. The van der Waals surface area contributed by atoms with E-state index >= 15 is 0 Å². The van der Waals surface area contributed by atoms with Crippen LogP contribution in [0, 0.1) is 0 Å². The van der Waals surface area contributed by atoms with Crippen molar-refractivity contribution in [2.45, 2.75) is 0 Å². The molecule has 0 spiro atoms. The minimum absolute atomic E-state index is 0.183. The fourth-order valence-electron chi connectivity index (χ4n) is 1.20. The van der Waals surface area contributed by atoms with Gasteiger partial charge in [-0.1, -0.05) is 0 Å². The van der Waals surface area contributed by atoms with Crippen molar-refractivity contribution < 1.29 is 15.0 Å². The first kappa shape index (κ1) is 9.48. The quantitative estimate of drug-likeness (QED) is 0.839. The van der Waals surface area contributed by atoms with Crippen LogP contribution < -0.4 is 0 Å². The van der Waals surface area contributed by atoms with Crippen molar-refractivity contribution in [2.75, 3.05) is 0 Å². The van der Waals surface area contributed by atoms with Crippen LogP contribution in [0.5, 0.6) is 5.75 Å². The predicted octanol–water partition coefficient (Wildman–Crippen LogP) is 3.07. The van der Waals surface area contributed by atoms with Crippen LogP contribution in [0.1, 0.15) is 10.4 Å². The zero-order chi connectivity index (χ0) is 10.3. The molecule has 0 aliphatic heterocycles. The lowest BCUT2D eigenvalue weighted by Gasteiger charge is -1.99. The molecular weight excluding hydrogens is 268 g/mol. The molecule has 0 saturated carbocycles. The molecule has 0 fully saturated rings. The van der Waals surface area contributed by atoms with Gasteiger partial charge in [-0.25, -0.2) is 4.79 Å². The zero-order valence-electron chi connectivity index (χ0n) is 6.82. The summed E-state index contributed by atoms with van der Waals surface area (Å²) in [6.07, 6.45) is 0. The van der Waals surface area contributed by atoms with Crippen LogP contribution in [-0.4, -0.2) is 16.2 Å². The smallest absolute Gasteiger partial charge is 0.336 e. The highest BCUT2D eigenvalue weighted by molar-refractivity contribution is 9.10. The van der Waals surface area contributed by atoms with E-state index in [1.165, 1.54) is 11.3 Å². The van der Waals surface area contributed by atoms with Gasteiger partial charge in [0.15, 0.2) is 0 Å². The number of rotatable bonds is 1. The van der Waals surface area contributed by atoms with E-state index in [1.54, 1.807) is 17.5 Å². The van der Waals surface area contributed by atoms with Crippen molar-refractivity contribution in [3.63, 3.8) is 0 Å². The number of thiophene rings is 1. The van der Waals surface area contributed by atoms with Crippen LogP contribution in [0.15, 0.2) is 22.0 Å². The van der Waals surface area contributed by atoms with E-state index in [-0.39, 0.29) is 11.3 Å². The Morgan fingerprint density at radius 3 is 2.79 bits per heavy atom. The molecular formula is C9H5BrO3S. The molecule has 0 unspecified atom stereocenters. The maximum atomic E-state index is 10.8. The maximum Gasteiger partial charge on any atom is 0.336 e. The molecule has 2 rings (SSSR count). The normalized spacial score (nSPS) is 10.6. The van der Waals surface area contributed by atoms with Gasteiger partial charge in [0.2, 0.25) is 0 Å². The first-order valence-corrected chi connectivity index (χ1v) is 5.40. The highest BCUT2D eigenvalue weighted by atomic mass is 79.9. The number of carbonyl (C=O) groups is 1. The van der Waals surface area contributed by atoms with Crippen molar-refractivity contribution in [1.29, 1.82) is 0 Å². The van der Waals surface area contributed by atoms with Gasteiger partial charge < -0.3 is 10.2 Å². The highest BCUT2D eigenvalue weighted by Crippen LogP contribution is 2.35. The van der Waals surface area contributed by atoms with Gasteiger partial charge in [-0.2, -0.15) is 0 Å². The molecule has 0 amide bonds. The number of carboxylic acids is 1. The van der Waals surface area contributed by atoms with Crippen molar-refractivity contribution in [3.8, 4) is 5.75 Å². The van der Waals surface area contributed by atoms with Crippen LogP contribution >= 0.6 is 27.3 Å². The second kappa shape index (κ2) is 3.25. The summed E-state index contributed by atoms with van der Waals surface area (Å²) in [7, 11) is 0. The molecule has 3 nitrogen and oxygen atoms in total. The lowest BCUT2D eigenvalue weighted by molar-refractivity contribution is 0.0696. The lowest BCUT2D eigenvalue weighted by Crippen LogP contribution is -1.96. The van der Waals surface area contributed by atoms with E-state index in [2.05, 4.69) is 15.9 Å². The third kappa shape index (κ3) is 1.38. The average molecular weight is 273 g/mol. The molecule has 0 saturated heterocycles. The predicted molar refractivity (Wildman–Crippen MR) is 58.1 cm³/mol. The van der Waals surface area contributed by atoms with Crippen molar-refractivity contribution in [3.05, 3.63) is 27.5 Å². The number of benzene rings is 1. The fraction of sp³-hybridized carbons (Fsp3) is 0. The maximum absolute atomic E-state index is 10.8. The molecule has 0 aliphatic carbocycles. The van der Waals surface area contributed by atoms with Crippen LogP contribution in [0.3, 0.4) is 0 Å². The molecule has 2 aromatic rings. The summed E-state index contributed by atoms with van der Waals surface area (Å²) in [4.78, 5) is 10.8. The Balaban J connectivity index is 2.79. The average Bonchev–Trinajstić information content (AvgIpc) is 2.46. The van der Waals surface area contributed by atoms with E-state index in [4.69, 9.17) is 5.11 Å². The van der Waals surface area contributed by atoms with Crippen molar-refractivity contribution >= 4 is 43.3 Å². The van der Waals surface area contributed by atoms with Gasteiger partial charge >= 0.3 is 5.97 Å². The summed E-state index contributed by atoms with van der Waals surface area (Å²) in [5.74, 6) is -0.797. The first-order chi connectivity index (χ1) is 6.59. The largest absolute Gasteiger partial charge is 0.506 e. The Kier molecular flexibility index (Phi) is 2.20. The summed E-state index contributed by atoms with van der Waals surface area (Å²) >= 11 is 4.47. The van der Waals surface area contributed by atoms with E-state index in [0.717, 1.165) is 4.70 Å². The molecule has 0 radical (unpaired) electrons. The van der Waals surface area contributed by atoms with Gasteiger partial charge in [0, 0.05) is 19.9 Å². The molecule has 0 atom stereocenters. The molecule has 5 heteroatoms. The Labute approximate surface area is 91.7 Å². The summed E-state index contributed by atoms with van der Waals surface area (Å²) in [6, 6.07) is 3.16. The zero-order valence-corrected chi connectivity index (χ0v) is 9.22. The number of hydrogen-bond donors (Lipinski definition) is 2. The van der Waals surface area contributed by atoms with E-state index in [1.807, 2.05) is 0 Å². The number of fused-ring (bicyclic) bond motifs is 1. The first-order valence-electron chi connectivity index (χ1n) is 3.72. The SMILES string of the molecule is O=C(O)c1cc2scc(O)c2cc1Br. The number of carboxylic acid groups (broad SMARTS) is 1. The minimum Gasteiger partial charge on any atom is -0.506 e. The van der Waals surface area contributed by atoms with Gasteiger partial charge in [0.1, 0.15) is 5.75 Å². The molecule has 14 heavy (non-hydrogen) atoms. The number of aromatic carboxylic acids is 1. The van der Waals surface area contributed by atoms with Gasteiger partial charge in [-0.3, -0.25) is 0 Å². The minimum atomic E-state index is -0.980. The monoisotopic (exact) mass is 272 g/mol. The third-order valence-corrected chi connectivity index (χ3v) is 3.46. The summed E-state index contributed by atoms with van der Waals surface area (Å²) in [5, 5.41) is 20.5. The summed E-state index contributed by atoms with van der Waals surface area (Å²) in [6.45, 7) is 0. The Bertz CT molecular complexity index is 518. The van der Waals surface area contributed by atoms with Gasteiger partial charge in [0.05, 0.1) is 5.56 Å². The van der Waals surface area contributed by atoms with E-state index < -0.39 is 5.97 Å². The van der Waals surface area contributed by atoms with E-state index in [9.17, 15) is 9.90 Å². The molecule has 2 N–H and O–H groups in total. The summed E-state index contributed by atoms with van der Waals surface area (Å²) in [5.41, 5.74) is 0.208. The topological polar surface area (TPSA) is 57.5 Å². The van der Waals surface area contributed by atoms with Crippen LogP contribution in [0.4, 0.5) is 0 Å². The van der Waals surface area contributed by atoms with Crippen LogP contribution in [0.25, 0.3) is 10.1 Å². The lowest BCUT2D eigenvalue weighted by atomic mass is 10.2. The number of halogens is 1. The van der Waals surface area contributed by atoms with Crippen molar-refractivity contribution in [2.24, 2.45) is 0 Å². The van der Waals surface area contributed by atoms with E-state index in [0.29, 0.717) is 9.86 Å². The van der Waals surface area contributed by atoms with Gasteiger partial charge in [-0.15, -0.1) is 11.3 Å². The Hall–Kier alpha value is -1.07. The Morgan fingerprint density at radius 2 is 2.14 bits per heavy atom. The highest BCUT2D eigenvalue weighted by Gasteiger charge is 2.12.